The molecule has 3 aromatic carbocycles. The number of benzene rings is 3. The van der Waals surface area contributed by atoms with Crippen LogP contribution in [0.2, 0.25) is 0 Å². The minimum Gasteiger partial charge on any atom is -0.493 e. The van der Waals surface area contributed by atoms with Crippen molar-refractivity contribution in [2.45, 2.75) is 13.3 Å². The van der Waals surface area contributed by atoms with Crippen molar-refractivity contribution in [1.29, 1.82) is 0 Å². The number of halogens is 1. The summed E-state index contributed by atoms with van der Waals surface area (Å²) in [5.41, 5.74) is 0.422. The first kappa shape index (κ1) is 16.5. The Morgan fingerprint density at radius 3 is 2.54 bits per heavy atom. The van der Waals surface area contributed by atoms with Gasteiger partial charge in [0.25, 0.3) is 0 Å². The maximum absolute atomic E-state index is 12.6. The predicted molar refractivity (Wildman–Crippen MR) is 98.8 cm³/mol. The van der Waals surface area contributed by atoms with Gasteiger partial charge in [-0.25, -0.2) is 4.79 Å². The normalized spacial score (nSPS) is 10.6. The Bertz CT molecular complexity index is 874. The highest BCUT2D eigenvalue weighted by molar-refractivity contribution is 9.10. The number of ether oxygens (including phenoxy) is 2. The van der Waals surface area contributed by atoms with E-state index in [-0.39, 0.29) is 0 Å². The number of hydrogen-bond acceptors (Lipinski definition) is 3. The molecule has 0 spiro atoms. The number of fused-ring (bicyclic) bond motifs is 1. The summed E-state index contributed by atoms with van der Waals surface area (Å²) in [4.78, 5) is 12.6. The van der Waals surface area contributed by atoms with Crippen LogP contribution >= 0.6 is 15.9 Å². The maximum atomic E-state index is 12.6. The maximum Gasteiger partial charge on any atom is 0.347 e. The topological polar surface area (TPSA) is 35.5 Å². The number of carbonyl (C=O) groups is 1. The molecule has 0 atom stereocenters. The molecule has 3 nitrogen and oxygen atoms in total. The van der Waals surface area contributed by atoms with Crippen molar-refractivity contribution < 1.29 is 14.3 Å². The number of hydrogen-bond donors (Lipinski definition) is 0. The lowest BCUT2D eigenvalue weighted by Gasteiger charge is -2.12. The van der Waals surface area contributed by atoms with Crippen molar-refractivity contribution >= 4 is 32.7 Å². The van der Waals surface area contributed by atoms with E-state index in [2.05, 4.69) is 15.9 Å². The van der Waals surface area contributed by atoms with Crippen LogP contribution in [0.15, 0.2) is 65.1 Å². The summed E-state index contributed by atoms with van der Waals surface area (Å²) in [6, 6.07) is 18.8. The van der Waals surface area contributed by atoms with Gasteiger partial charge in [0.1, 0.15) is 17.1 Å². The lowest BCUT2D eigenvalue weighted by molar-refractivity contribution is 0.0729. The summed E-state index contributed by atoms with van der Waals surface area (Å²) >= 11 is 3.53. The van der Waals surface area contributed by atoms with Crippen LogP contribution in [0.25, 0.3) is 10.8 Å². The van der Waals surface area contributed by atoms with Crippen LogP contribution in [0, 0.1) is 0 Å². The summed E-state index contributed by atoms with van der Waals surface area (Å²) in [7, 11) is 0. The van der Waals surface area contributed by atoms with Crippen LogP contribution in [0.3, 0.4) is 0 Å². The summed E-state index contributed by atoms with van der Waals surface area (Å²) in [6.07, 6.45) is 0.875. The predicted octanol–water partition coefficient (Wildman–Crippen LogP) is 5.61. The standard InChI is InChI=1S/C20H17BrO3/c1-2-13-23-17-10-6-5-9-16(17)20(22)24-18-12-11-14-7-3-4-8-15(14)19(18)21/h3-12H,2,13H2,1H3. The van der Waals surface area contributed by atoms with Gasteiger partial charge in [-0.05, 0) is 51.3 Å². The monoisotopic (exact) mass is 384 g/mol. The van der Waals surface area contributed by atoms with Crippen LogP contribution in [-0.2, 0) is 0 Å². The van der Waals surface area contributed by atoms with Crippen molar-refractivity contribution in [3.05, 3.63) is 70.7 Å². The summed E-state index contributed by atoms with van der Waals surface area (Å²) in [5.74, 6) is 0.600. The molecular formula is C20H17BrO3. The fourth-order valence-electron chi connectivity index (χ4n) is 2.42. The highest BCUT2D eigenvalue weighted by Gasteiger charge is 2.16. The average Bonchev–Trinajstić information content (AvgIpc) is 2.62. The molecule has 24 heavy (non-hydrogen) atoms. The Balaban J connectivity index is 1.89. The SMILES string of the molecule is CCCOc1ccccc1C(=O)Oc1ccc2ccccc2c1Br. The first-order valence-corrected chi connectivity index (χ1v) is 8.61. The average molecular weight is 385 g/mol. The molecule has 0 fully saturated rings. The summed E-state index contributed by atoms with van der Waals surface area (Å²) < 4.78 is 12.0. The number of para-hydroxylation sites is 1. The van der Waals surface area contributed by atoms with Gasteiger partial charge in [-0.3, -0.25) is 0 Å². The molecule has 0 unspecified atom stereocenters. The molecule has 0 N–H and O–H groups in total. The zero-order valence-electron chi connectivity index (χ0n) is 13.3. The van der Waals surface area contributed by atoms with E-state index in [0.29, 0.717) is 23.7 Å². The second-order valence-electron chi connectivity index (χ2n) is 5.33. The van der Waals surface area contributed by atoms with Gasteiger partial charge in [0.05, 0.1) is 11.1 Å². The third kappa shape index (κ3) is 3.44. The molecule has 3 rings (SSSR count). The van der Waals surface area contributed by atoms with Crippen LogP contribution < -0.4 is 9.47 Å². The Hall–Kier alpha value is -2.33. The molecule has 0 aromatic heterocycles. The molecule has 3 aromatic rings. The molecule has 0 heterocycles. The van der Waals surface area contributed by atoms with Gasteiger partial charge in [-0.15, -0.1) is 0 Å². The second-order valence-corrected chi connectivity index (χ2v) is 6.13. The highest BCUT2D eigenvalue weighted by Crippen LogP contribution is 2.34. The Morgan fingerprint density at radius 1 is 0.958 bits per heavy atom. The highest BCUT2D eigenvalue weighted by atomic mass is 79.9. The number of esters is 1. The first-order chi connectivity index (χ1) is 11.7. The van der Waals surface area contributed by atoms with Crippen molar-refractivity contribution in [1.82, 2.24) is 0 Å². The fourth-order valence-corrected chi connectivity index (χ4v) is 2.99. The van der Waals surface area contributed by atoms with Gasteiger partial charge < -0.3 is 9.47 Å². The minimum atomic E-state index is -0.433. The number of carbonyl (C=O) groups excluding carboxylic acids is 1. The Labute approximate surface area is 149 Å². The third-order valence-corrected chi connectivity index (χ3v) is 4.42. The van der Waals surface area contributed by atoms with Crippen LogP contribution in [0.5, 0.6) is 11.5 Å². The van der Waals surface area contributed by atoms with Crippen molar-refractivity contribution in [3.8, 4) is 11.5 Å². The van der Waals surface area contributed by atoms with Gasteiger partial charge in [-0.1, -0.05) is 49.4 Å². The summed E-state index contributed by atoms with van der Waals surface area (Å²) in [5, 5.41) is 2.08. The van der Waals surface area contributed by atoms with E-state index in [9.17, 15) is 4.79 Å². The molecule has 122 valence electrons. The van der Waals surface area contributed by atoms with E-state index >= 15 is 0 Å². The van der Waals surface area contributed by atoms with Gasteiger partial charge in [0.15, 0.2) is 0 Å². The van der Waals surface area contributed by atoms with E-state index in [1.54, 1.807) is 24.3 Å². The van der Waals surface area contributed by atoms with Crippen LogP contribution in [0.1, 0.15) is 23.7 Å². The Kier molecular flexibility index (Phi) is 5.16. The van der Waals surface area contributed by atoms with E-state index in [1.807, 2.05) is 43.3 Å². The van der Waals surface area contributed by atoms with Crippen molar-refractivity contribution in [3.63, 3.8) is 0 Å². The van der Waals surface area contributed by atoms with Crippen LogP contribution in [0.4, 0.5) is 0 Å². The largest absolute Gasteiger partial charge is 0.493 e. The van der Waals surface area contributed by atoms with E-state index < -0.39 is 5.97 Å². The second kappa shape index (κ2) is 7.49. The molecule has 0 saturated heterocycles. The minimum absolute atomic E-state index is 0.422. The molecule has 4 heteroatoms. The van der Waals surface area contributed by atoms with Gasteiger partial charge in [0.2, 0.25) is 0 Å². The van der Waals surface area contributed by atoms with Crippen LogP contribution in [-0.4, -0.2) is 12.6 Å². The van der Waals surface area contributed by atoms with Gasteiger partial charge in [-0.2, -0.15) is 0 Å². The molecular weight excluding hydrogens is 368 g/mol. The zero-order valence-corrected chi connectivity index (χ0v) is 14.9. The Morgan fingerprint density at radius 2 is 1.71 bits per heavy atom. The lowest BCUT2D eigenvalue weighted by Crippen LogP contribution is -2.11. The van der Waals surface area contributed by atoms with Gasteiger partial charge in [0, 0.05) is 0 Å². The lowest BCUT2D eigenvalue weighted by atomic mass is 10.1. The van der Waals surface area contributed by atoms with E-state index in [0.717, 1.165) is 21.7 Å². The van der Waals surface area contributed by atoms with Gasteiger partial charge >= 0.3 is 5.97 Å². The number of rotatable bonds is 5. The summed E-state index contributed by atoms with van der Waals surface area (Å²) in [6.45, 7) is 2.58. The van der Waals surface area contributed by atoms with Crippen molar-refractivity contribution in [2.75, 3.05) is 6.61 Å². The molecule has 0 saturated carbocycles. The zero-order chi connectivity index (χ0) is 16.9. The molecule has 0 aliphatic rings. The molecule has 0 aliphatic carbocycles. The smallest absolute Gasteiger partial charge is 0.347 e. The molecule has 0 radical (unpaired) electrons. The third-order valence-electron chi connectivity index (χ3n) is 3.60. The quantitative estimate of drug-likeness (QED) is 0.423. The fraction of sp³-hybridized carbons (Fsp3) is 0.150. The van der Waals surface area contributed by atoms with E-state index in [4.69, 9.17) is 9.47 Å². The first-order valence-electron chi connectivity index (χ1n) is 7.82. The molecule has 0 bridgehead atoms. The van der Waals surface area contributed by atoms with E-state index in [1.165, 1.54) is 0 Å². The molecule has 0 aliphatic heterocycles. The van der Waals surface area contributed by atoms with Crippen molar-refractivity contribution in [2.24, 2.45) is 0 Å². The molecule has 0 amide bonds.